The number of benzene rings is 1. The molecular formula is C21H30N2O. The highest BCUT2D eigenvalue weighted by Gasteiger charge is 2.49. The van der Waals surface area contributed by atoms with Crippen molar-refractivity contribution >= 4 is 5.91 Å². The van der Waals surface area contributed by atoms with Crippen LogP contribution in [0.1, 0.15) is 57.1 Å². The Morgan fingerprint density at radius 2 is 1.75 bits per heavy atom. The molecular weight excluding hydrogens is 296 g/mol. The normalized spacial score (nSPS) is 34.4. The Bertz CT molecular complexity index is 608. The molecule has 3 heteroatoms. The van der Waals surface area contributed by atoms with E-state index in [0.29, 0.717) is 12.6 Å². The molecule has 3 nitrogen and oxygen atoms in total. The summed E-state index contributed by atoms with van der Waals surface area (Å²) in [5.41, 5.74) is 7.40. The zero-order valence-corrected chi connectivity index (χ0v) is 14.9. The molecule has 4 bridgehead atoms. The molecule has 0 aromatic heterocycles. The molecule has 0 saturated heterocycles. The standard InChI is InChI=1S/C21H30N2O/c1-21(2,18-5-3-4-13(11-18)12-22)20(24)23-19-16-7-14-6-15(9-16)10-17(19)8-14/h3-5,11,14-17,19H,6-10,12,22H2,1-2H3,(H,23,24). The Morgan fingerprint density at radius 1 is 1.12 bits per heavy atom. The molecule has 0 spiro atoms. The Balaban J connectivity index is 1.51. The monoisotopic (exact) mass is 326 g/mol. The first-order valence-corrected chi connectivity index (χ1v) is 9.58. The van der Waals surface area contributed by atoms with Gasteiger partial charge in [0.1, 0.15) is 0 Å². The van der Waals surface area contributed by atoms with Gasteiger partial charge in [0.15, 0.2) is 0 Å². The molecule has 130 valence electrons. The molecule has 4 aliphatic rings. The van der Waals surface area contributed by atoms with Crippen molar-refractivity contribution in [1.29, 1.82) is 0 Å². The van der Waals surface area contributed by atoms with E-state index in [0.717, 1.165) is 34.8 Å². The lowest BCUT2D eigenvalue weighted by Crippen LogP contribution is -2.58. The Hall–Kier alpha value is -1.35. The number of nitrogens with one attached hydrogen (secondary N) is 1. The first kappa shape index (κ1) is 16.1. The molecule has 4 saturated carbocycles. The number of carbonyl (C=O) groups excluding carboxylic acids is 1. The van der Waals surface area contributed by atoms with Crippen LogP contribution in [0.15, 0.2) is 24.3 Å². The second kappa shape index (κ2) is 5.87. The molecule has 0 radical (unpaired) electrons. The Kier molecular flexibility index (Phi) is 3.95. The fourth-order valence-electron chi connectivity index (χ4n) is 5.71. The van der Waals surface area contributed by atoms with Crippen LogP contribution in [0.25, 0.3) is 0 Å². The van der Waals surface area contributed by atoms with Crippen LogP contribution < -0.4 is 11.1 Å². The van der Waals surface area contributed by atoms with Gasteiger partial charge >= 0.3 is 0 Å². The molecule has 1 aromatic carbocycles. The van der Waals surface area contributed by atoms with E-state index in [-0.39, 0.29) is 5.91 Å². The van der Waals surface area contributed by atoms with Gasteiger partial charge in [-0.1, -0.05) is 24.3 Å². The maximum Gasteiger partial charge on any atom is 0.230 e. The molecule has 0 heterocycles. The van der Waals surface area contributed by atoms with Crippen LogP contribution in [0.2, 0.25) is 0 Å². The van der Waals surface area contributed by atoms with Gasteiger partial charge in [-0.2, -0.15) is 0 Å². The zero-order valence-electron chi connectivity index (χ0n) is 14.9. The van der Waals surface area contributed by atoms with Crippen LogP contribution >= 0.6 is 0 Å². The van der Waals surface area contributed by atoms with Gasteiger partial charge in [0.05, 0.1) is 5.41 Å². The topological polar surface area (TPSA) is 55.1 Å². The lowest BCUT2D eigenvalue weighted by Gasteiger charge is -2.54. The Labute approximate surface area is 145 Å². The van der Waals surface area contributed by atoms with Gasteiger partial charge in [-0.25, -0.2) is 0 Å². The van der Waals surface area contributed by atoms with E-state index in [2.05, 4.69) is 17.4 Å². The van der Waals surface area contributed by atoms with Crippen LogP contribution in [-0.2, 0) is 16.8 Å². The summed E-state index contributed by atoms with van der Waals surface area (Å²) in [7, 11) is 0. The lowest BCUT2D eigenvalue weighted by molar-refractivity contribution is -0.129. The van der Waals surface area contributed by atoms with Crippen LogP contribution in [-0.4, -0.2) is 11.9 Å². The summed E-state index contributed by atoms with van der Waals surface area (Å²) in [6, 6.07) is 8.57. The lowest BCUT2D eigenvalue weighted by atomic mass is 9.54. The predicted octanol–water partition coefficient (Wildman–Crippen LogP) is 3.36. The van der Waals surface area contributed by atoms with Crippen molar-refractivity contribution in [3.8, 4) is 0 Å². The van der Waals surface area contributed by atoms with Crippen molar-refractivity contribution in [3.63, 3.8) is 0 Å². The summed E-state index contributed by atoms with van der Waals surface area (Å²) < 4.78 is 0. The van der Waals surface area contributed by atoms with Gasteiger partial charge in [0, 0.05) is 12.6 Å². The number of hydrogen-bond donors (Lipinski definition) is 2. The average Bonchev–Trinajstić information content (AvgIpc) is 2.57. The van der Waals surface area contributed by atoms with Gasteiger partial charge in [-0.3, -0.25) is 4.79 Å². The first-order chi connectivity index (χ1) is 11.5. The van der Waals surface area contributed by atoms with E-state index in [1.54, 1.807) is 0 Å². The number of amides is 1. The molecule has 4 aliphatic carbocycles. The van der Waals surface area contributed by atoms with E-state index >= 15 is 0 Å². The van der Waals surface area contributed by atoms with Crippen molar-refractivity contribution < 1.29 is 4.79 Å². The highest BCUT2D eigenvalue weighted by Crippen LogP contribution is 2.53. The molecule has 1 aromatic rings. The molecule has 24 heavy (non-hydrogen) atoms. The van der Waals surface area contributed by atoms with Crippen LogP contribution in [0.3, 0.4) is 0 Å². The molecule has 3 N–H and O–H groups in total. The van der Waals surface area contributed by atoms with E-state index in [1.807, 2.05) is 26.0 Å². The fourth-order valence-corrected chi connectivity index (χ4v) is 5.71. The SMILES string of the molecule is CC(C)(C(=O)NC1C2CC3CC(C2)CC1C3)c1cccc(CN)c1. The molecule has 5 rings (SSSR count). The number of hydrogen-bond acceptors (Lipinski definition) is 2. The summed E-state index contributed by atoms with van der Waals surface area (Å²) in [5.74, 6) is 3.49. The van der Waals surface area contributed by atoms with E-state index in [1.165, 1.54) is 32.1 Å². The Morgan fingerprint density at radius 3 is 2.33 bits per heavy atom. The van der Waals surface area contributed by atoms with Crippen molar-refractivity contribution in [2.75, 3.05) is 0 Å². The van der Waals surface area contributed by atoms with Gasteiger partial charge < -0.3 is 11.1 Å². The van der Waals surface area contributed by atoms with Crippen molar-refractivity contribution in [3.05, 3.63) is 35.4 Å². The second-order valence-electron chi connectivity index (χ2n) is 8.96. The largest absolute Gasteiger partial charge is 0.352 e. The minimum Gasteiger partial charge on any atom is -0.352 e. The van der Waals surface area contributed by atoms with Gasteiger partial charge in [-0.05, 0) is 80.8 Å². The molecule has 4 fully saturated rings. The quantitative estimate of drug-likeness (QED) is 0.891. The first-order valence-electron chi connectivity index (χ1n) is 9.58. The second-order valence-corrected chi connectivity index (χ2v) is 8.96. The number of rotatable bonds is 4. The molecule has 0 aliphatic heterocycles. The predicted molar refractivity (Wildman–Crippen MR) is 96.3 cm³/mol. The fraction of sp³-hybridized carbons (Fsp3) is 0.667. The molecule has 0 atom stereocenters. The number of nitrogens with two attached hydrogens (primary N) is 1. The van der Waals surface area contributed by atoms with Crippen molar-refractivity contribution in [2.24, 2.45) is 29.4 Å². The maximum atomic E-state index is 13.1. The molecule has 1 amide bonds. The third kappa shape index (κ3) is 2.67. The van der Waals surface area contributed by atoms with Gasteiger partial charge in [0.25, 0.3) is 0 Å². The van der Waals surface area contributed by atoms with Crippen LogP contribution in [0, 0.1) is 23.7 Å². The van der Waals surface area contributed by atoms with Gasteiger partial charge in [0.2, 0.25) is 5.91 Å². The summed E-state index contributed by atoms with van der Waals surface area (Å²) >= 11 is 0. The summed E-state index contributed by atoms with van der Waals surface area (Å²) in [5, 5.41) is 3.47. The zero-order chi connectivity index (χ0) is 16.9. The third-order valence-corrected chi connectivity index (χ3v) is 6.98. The smallest absolute Gasteiger partial charge is 0.230 e. The summed E-state index contributed by atoms with van der Waals surface area (Å²) in [6.07, 6.45) is 6.79. The minimum absolute atomic E-state index is 0.175. The summed E-state index contributed by atoms with van der Waals surface area (Å²) in [4.78, 5) is 13.1. The van der Waals surface area contributed by atoms with Crippen LogP contribution in [0.4, 0.5) is 0 Å². The van der Waals surface area contributed by atoms with Gasteiger partial charge in [-0.15, -0.1) is 0 Å². The molecule has 0 unspecified atom stereocenters. The average molecular weight is 326 g/mol. The summed E-state index contributed by atoms with van der Waals surface area (Å²) in [6.45, 7) is 4.59. The highest BCUT2D eigenvalue weighted by molar-refractivity contribution is 5.87. The highest BCUT2D eigenvalue weighted by atomic mass is 16.2. The maximum absolute atomic E-state index is 13.1. The number of carbonyl (C=O) groups is 1. The van der Waals surface area contributed by atoms with Crippen molar-refractivity contribution in [2.45, 2.75) is 64.0 Å². The van der Waals surface area contributed by atoms with E-state index in [4.69, 9.17) is 5.73 Å². The van der Waals surface area contributed by atoms with Crippen LogP contribution in [0.5, 0.6) is 0 Å². The van der Waals surface area contributed by atoms with E-state index < -0.39 is 5.41 Å². The van der Waals surface area contributed by atoms with Crippen molar-refractivity contribution in [1.82, 2.24) is 5.32 Å². The third-order valence-electron chi connectivity index (χ3n) is 6.98. The van der Waals surface area contributed by atoms with E-state index in [9.17, 15) is 4.79 Å². The minimum atomic E-state index is -0.514.